The molecule has 3 rings (SSSR count). The summed E-state index contributed by atoms with van der Waals surface area (Å²) in [6.45, 7) is 4.13. The zero-order valence-corrected chi connectivity index (χ0v) is 14.2. The molecule has 0 bridgehead atoms. The lowest BCUT2D eigenvalue weighted by Crippen LogP contribution is -2.35. The molecule has 8 nitrogen and oxygen atoms in total. The normalized spacial score (nSPS) is 17.3. The van der Waals surface area contributed by atoms with Crippen molar-refractivity contribution in [2.24, 2.45) is 5.92 Å². The van der Waals surface area contributed by atoms with E-state index in [0.29, 0.717) is 24.2 Å². The first kappa shape index (κ1) is 16.9. The summed E-state index contributed by atoms with van der Waals surface area (Å²) in [6.07, 6.45) is 2.10. The Morgan fingerprint density at radius 3 is 2.80 bits per heavy atom. The molecule has 2 aromatic rings. The van der Waals surface area contributed by atoms with Crippen LogP contribution in [0, 0.1) is 16.0 Å². The molecule has 3 N–H and O–H groups in total. The van der Waals surface area contributed by atoms with Gasteiger partial charge >= 0.3 is 5.69 Å². The van der Waals surface area contributed by atoms with E-state index in [-0.39, 0.29) is 11.5 Å². The van der Waals surface area contributed by atoms with E-state index >= 15 is 0 Å². The average Bonchev–Trinajstić information content (AvgIpc) is 2.60. The molecule has 1 atom stereocenters. The van der Waals surface area contributed by atoms with Crippen LogP contribution < -0.4 is 16.0 Å². The molecule has 1 aromatic heterocycles. The number of nitrogen functional groups attached to an aromatic ring is 1. The number of aromatic nitrogens is 2. The topological polar surface area (TPSA) is 110 Å². The minimum absolute atomic E-state index is 0.108. The highest BCUT2D eigenvalue weighted by Gasteiger charge is 2.29. The number of nitro groups is 1. The first-order chi connectivity index (χ1) is 12.0. The van der Waals surface area contributed by atoms with Gasteiger partial charge < -0.3 is 16.0 Å². The Balaban J connectivity index is 1.88. The Morgan fingerprint density at radius 1 is 1.36 bits per heavy atom. The van der Waals surface area contributed by atoms with Gasteiger partial charge in [0.25, 0.3) is 0 Å². The first-order valence-corrected chi connectivity index (χ1v) is 8.39. The molecule has 1 unspecified atom stereocenters. The van der Waals surface area contributed by atoms with Crippen molar-refractivity contribution in [3.63, 3.8) is 0 Å². The van der Waals surface area contributed by atoms with Gasteiger partial charge in [0, 0.05) is 19.6 Å². The molecule has 8 heteroatoms. The fraction of sp³-hybridized carbons (Fsp3) is 0.412. The minimum atomic E-state index is -0.495. The summed E-state index contributed by atoms with van der Waals surface area (Å²) in [6, 6.07) is 9.80. The number of rotatable bonds is 5. The van der Waals surface area contributed by atoms with Crippen molar-refractivity contribution in [1.82, 2.24) is 9.97 Å². The van der Waals surface area contributed by atoms with Gasteiger partial charge in [0.15, 0.2) is 0 Å². The summed E-state index contributed by atoms with van der Waals surface area (Å²) in [4.78, 5) is 21.4. The highest BCUT2D eigenvalue weighted by molar-refractivity contribution is 5.71. The van der Waals surface area contributed by atoms with Crippen LogP contribution in [0.3, 0.4) is 0 Å². The van der Waals surface area contributed by atoms with Crippen molar-refractivity contribution in [3.8, 4) is 0 Å². The standard InChI is InChI=1S/C17H22N6O2/c1-12-6-5-9-22(11-12)16-14(23(24)25)15(18)20-17(21-16)19-10-13-7-3-2-4-8-13/h2-4,7-8,12H,5-6,9-11H2,1H3,(H3,18,19,20,21). The third-order valence-corrected chi connectivity index (χ3v) is 4.33. The molecule has 0 saturated carbocycles. The number of benzene rings is 1. The second-order valence-electron chi connectivity index (χ2n) is 6.39. The number of nitrogens with zero attached hydrogens (tertiary/aromatic N) is 4. The number of hydrogen-bond donors (Lipinski definition) is 2. The molecule has 0 radical (unpaired) electrons. The van der Waals surface area contributed by atoms with Crippen molar-refractivity contribution < 1.29 is 4.92 Å². The monoisotopic (exact) mass is 342 g/mol. The van der Waals surface area contributed by atoms with E-state index in [2.05, 4.69) is 22.2 Å². The van der Waals surface area contributed by atoms with E-state index in [1.54, 1.807) is 0 Å². The summed E-state index contributed by atoms with van der Waals surface area (Å²) in [5, 5.41) is 14.6. The van der Waals surface area contributed by atoms with Gasteiger partial charge in [-0.25, -0.2) is 0 Å². The van der Waals surface area contributed by atoms with Gasteiger partial charge in [0.05, 0.1) is 4.92 Å². The van der Waals surface area contributed by atoms with E-state index < -0.39 is 4.92 Å². The number of anilines is 3. The van der Waals surface area contributed by atoms with E-state index in [1.165, 1.54) is 0 Å². The molecular formula is C17H22N6O2. The van der Waals surface area contributed by atoms with Crippen LogP contribution in [0.4, 0.5) is 23.3 Å². The number of nitrogens with one attached hydrogen (secondary N) is 1. The van der Waals surface area contributed by atoms with E-state index in [4.69, 9.17) is 5.73 Å². The maximum atomic E-state index is 11.5. The summed E-state index contributed by atoms with van der Waals surface area (Å²) >= 11 is 0. The maximum absolute atomic E-state index is 11.5. The smallest absolute Gasteiger partial charge is 0.353 e. The van der Waals surface area contributed by atoms with Crippen molar-refractivity contribution in [2.45, 2.75) is 26.3 Å². The Morgan fingerprint density at radius 2 is 2.12 bits per heavy atom. The van der Waals surface area contributed by atoms with Gasteiger partial charge in [-0.15, -0.1) is 0 Å². The predicted octanol–water partition coefficient (Wildman–Crippen LogP) is 2.82. The molecule has 1 aliphatic rings. The Labute approximate surface area is 146 Å². The van der Waals surface area contributed by atoms with Crippen LogP contribution in [0.5, 0.6) is 0 Å². The minimum Gasteiger partial charge on any atom is -0.378 e. The van der Waals surface area contributed by atoms with Crippen LogP contribution in [-0.2, 0) is 6.54 Å². The Hall–Kier alpha value is -2.90. The Kier molecular flexibility index (Phi) is 4.97. The molecular weight excluding hydrogens is 320 g/mol. The number of hydrogen-bond acceptors (Lipinski definition) is 7. The van der Waals surface area contributed by atoms with Crippen molar-refractivity contribution in [3.05, 3.63) is 46.0 Å². The first-order valence-electron chi connectivity index (χ1n) is 8.39. The lowest BCUT2D eigenvalue weighted by molar-refractivity contribution is -0.383. The predicted molar refractivity (Wildman–Crippen MR) is 97.5 cm³/mol. The fourth-order valence-electron chi connectivity index (χ4n) is 3.09. The van der Waals surface area contributed by atoms with E-state index in [0.717, 1.165) is 31.5 Å². The number of nitrogens with two attached hydrogens (primary N) is 1. The van der Waals surface area contributed by atoms with Gasteiger partial charge in [-0.1, -0.05) is 37.3 Å². The lowest BCUT2D eigenvalue weighted by atomic mass is 10.0. The largest absolute Gasteiger partial charge is 0.378 e. The SMILES string of the molecule is CC1CCCN(c2nc(NCc3ccccc3)nc(N)c2[N+](=O)[O-])C1. The van der Waals surface area contributed by atoms with Gasteiger partial charge in [0.1, 0.15) is 0 Å². The van der Waals surface area contributed by atoms with Crippen LogP contribution in [0.15, 0.2) is 30.3 Å². The number of piperidine rings is 1. The molecule has 132 valence electrons. The fourth-order valence-corrected chi connectivity index (χ4v) is 3.09. The van der Waals surface area contributed by atoms with Crippen molar-refractivity contribution in [2.75, 3.05) is 29.0 Å². The second kappa shape index (κ2) is 7.33. The van der Waals surface area contributed by atoms with Crippen LogP contribution in [0.1, 0.15) is 25.3 Å². The molecule has 0 amide bonds. The third kappa shape index (κ3) is 3.96. The second-order valence-corrected chi connectivity index (χ2v) is 6.39. The molecule has 2 heterocycles. The molecule has 0 aliphatic carbocycles. The summed E-state index contributed by atoms with van der Waals surface area (Å²) in [5.74, 6) is 0.967. The van der Waals surface area contributed by atoms with E-state index in [9.17, 15) is 10.1 Å². The molecule has 1 aromatic carbocycles. The van der Waals surface area contributed by atoms with Gasteiger partial charge in [-0.05, 0) is 24.3 Å². The van der Waals surface area contributed by atoms with Gasteiger partial charge in [0.2, 0.25) is 17.6 Å². The summed E-state index contributed by atoms with van der Waals surface area (Å²) in [7, 11) is 0. The maximum Gasteiger partial charge on any atom is 0.353 e. The van der Waals surface area contributed by atoms with Crippen molar-refractivity contribution in [1.29, 1.82) is 0 Å². The van der Waals surface area contributed by atoms with E-state index in [1.807, 2.05) is 35.2 Å². The van der Waals surface area contributed by atoms with Gasteiger partial charge in [-0.2, -0.15) is 9.97 Å². The molecule has 0 spiro atoms. The van der Waals surface area contributed by atoms with Gasteiger partial charge in [-0.3, -0.25) is 10.1 Å². The van der Waals surface area contributed by atoms with Crippen molar-refractivity contribution >= 4 is 23.3 Å². The van der Waals surface area contributed by atoms with Crippen LogP contribution in [-0.4, -0.2) is 28.0 Å². The molecule has 1 saturated heterocycles. The highest BCUT2D eigenvalue weighted by atomic mass is 16.6. The lowest BCUT2D eigenvalue weighted by Gasteiger charge is -2.31. The Bertz CT molecular complexity index is 752. The zero-order valence-electron chi connectivity index (χ0n) is 14.2. The van der Waals surface area contributed by atoms with Crippen LogP contribution >= 0.6 is 0 Å². The average molecular weight is 342 g/mol. The zero-order chi connectivity index (χ0) is 17.8. The molecule has 1 aliphatic heterocycles. The molecule has 1 fully saturated rings. The quantitative estimate of drug-likeness (QED) is 0.635. The summed E-state index contributed by atoms with van der Waals surface area (Å²) < 4.78 is 0. The third-order valence-electron chi connectivity index (χ3n) is 4.33. The highest BCUT2D eigenvalue weighted by Crippen LogP contribution is 2.34. The van der Waals surface area contributed by atoms with Crippen LogP contribution in [0.2, 0.25) is 0 Å². The van der Waals surface area contributed by atoms with Crippen LogP contribution in [0.25, 0.3) is 0 Å². The molecule has 25 heavy (non-hydrogen) atoms. The summed E-state index contributed by atoms with van der Waals surface area (Å²) in [5.41, 5.74) is 6.73.